The number of rotatable bonds is 6. The number of hydrogen-bond acceptors (Lipinski definition) is 3. The van der Waals surface area contributed by atoms with Crippen molar-refractivity contribution < 1.29 is 8.78 Å². The van der Waals surface area contributed by atoms with Crippen LogP contribution in [0.3, 0.4) is 0 Å². The fraction of sp³-hybridized carbons (Fsp3) is 0.240. The van der Waals surface area contributed by atoms with Gasteiger partial charge in [-0.1, -0.05) is 36.4 Å². The van der Waals surface area contributed by atoms with Gasteiger partial charge in [-0.15, -0.1) is 11.6 Å². The number of halogens is 4. The van der Waals surface area contributed by atoms with Gasteiger partial charge in [0.2, 0.25) is 0 Å². The molecule has 0 amide bonds. The molecule has 0 fully saturated rings. The molecule has 1 heterocycles. The number of aryl methyl sites for hydroxylation is 2. The first-order valence-corrected chi connectivity index (χ1v) is 10.8. The Bertz CT molecular complexity index is 1190. The number of anilines is 2. The summed E-state index contributed by atoms with van der Waals surface area (Å²) in [7, 11) is 0. The third-order valence-corrected chi connectivity index (χ3v) is 5.98. The monoisotopic (exact) mass is 475 g/mol. The Labute approximate surface area is 197 Å². The molecule has 3 rings (SSSR count). The molecule has 0 aliphatic heterocycles. The zero-order chi connectivity index (χ0) is 23.8. The van der Waals surface area contributed by atoms with Gasteiger partial charge < -0.3 is 11.1 Å². The number of pyridine rings is 1. The summed E-state index contributed by atoms with van der Waals surface area (Å²) in [6.07, 6.45) is 0.870. The Hall–Kier alpha value is -2.63. The van der Waals surface area contributed by atoms with Gasteiger partial charge in [0.25, 0.3) is 0 Å². The van der Waals surface area contributed by atoms with Crippen molar-refractivity contribution in [3.05, 3.63) is 88.2 Å². The lowest BCUT2D eigenvalue weighted by atomic mass is 9.84. The average molecular weight is 476 g/mol. The van der Waals surface area contributed by atoms with Crippen molar-refractivity contribution in [2.75, 3.05) is 11.1 Å². The van der Waals surface area contributed by atoms with Crippen molar-refractivity contribution in [2.24, 2.45) is 0 Å². The molecule has 2 aromatic carbocycles. The van der Waals surface area contributed by atoms with Gasteiger partial charge >= 0.3 is 0 Å². The normalized spacial score (nSPS) is 12.5. The Balaban J connectivity index is 1.99. The lowest BCUT2D eigenvalue weighted by Gasteiger charge is -2.32. The second kappa shape index (κ2) is 9.08. The van der Waals surface area contributed by atoms with Crippen LogP contribution >= 0.6 is 23.2 Å². The first-order valence-electron chi connectivity index (χ1n) is 10.0. The van der Waals surface area contributed by atoms with E-state index in [2.05, 4.69) is 42.9 Å². The van der Waals surface area contributed by atoms with E-state index in [4.69, 9.17) is 28.9 Å². The number of aromatic nitrogens is 1. The van der Waals surface area contributed by atoms with E-state index in [0.717, 1.165) is 17.3 Å². The number of hydrogen-bond donors (Lipinski definition) is 2. The highest BCUT2D eigenvalue weighted by atomic mass is 35.5. The summed E-state index contributed by atoms with van der Waals surface area (Å²) in [6, 6.07) is 11.2. The first-order chi connectivity index (χ1) is 14.9. The molecule has 0 bridgehead atoms. The number of nitrogens with two attached hydrogens (primary N) is 1. The largest absolute Gasteiger partial charge is 0.394 e. The van der Waals surface area contributed by atoms with Crippen LogP contribution in [0, 0.1) is 25.5 Å². The maximum absolute atomic E-state index is 14.6. The number of benzene rings is 2. The summed E-state index contributed by atoms with van der Waals surface area (Å²) >= 11 is 13.0. The van der Waals surface area contributed by atoms with Crippen LogP contribution in [0.4, 0.5) is 20.2 Å². The number of nitrogens with zero attached hydrogens (tertiary/aromatic N) is 1. The van der Waals surface area contributed by atoms with Gasteiger partial charge in [0, 0.05) is 22.9 Å². The van der Waals surface area contributed by atoms with Gasteiger partial charge in [-0.3, -0.25) is 0 Å². The summed E-state index contributed by atoms with van der Waals surface area (Å²) in [4.78, 5) is 3.21. The highest BCUT2D eigenvalue weighted by Crippen LogP contribution is 2.40. The summed E-state index contributed by atoms with van der Waals surface area (Å²) < 4.78 is 28.1. The molecule has 3 aromatic rings. The van der Waals surface area contributed by atoms with Crippen LogP contribution in [0.5, 0.6) is 0 Å². The van der Waals surface area contributed by atoms with Gasteiger partial charge in [0.15, 0.2) is 11.6 Å². The van der Waals surface area contributed by atoms with Gasteiger partial charge in [-0.05, 0) is 62.6 Å². The van der Waals surface area contributed by atoms with Gasteiger partial charge in [0.1, 0.15) is 11.4 Å². The van der Waals surface area contributed by atoms with Crippen LogP contribution in [-0.4, -0.2) is 9.86 Å². The zero-order valence-corrected chi connectivity index (χ0v) is 19.9. The smallest absolute Gasteiger partial charge is 0.175 e. The molecule has 0 radical (unpaired) electrons. The summed E-state index contributed by atoms with van der Waals surface area (Å²) in [5, 5.41) is 3.52. The van der Waals surface area contributed by atoms with Gasteiger partial charge in [-0.2, -0.15) is 0 Å². The Morgan fingerprint density at radius 2 is 1.81 bits per heavy atom. The van der Waals surface area contributed by atoms with Crippen LogP contribution in [0.1, 0.15) is 36.5 Å². The average Bonchev–Trinajstić information content (AvgIpc) is 2.70. The van der Waals surface area contributed by atoms with Gasteiger partial charge in [-0.25, -0.2) is 13.8 Å². The molecule has 3 N–H and O–H groups in total. The molecule has 0 saturated heterocycles. The van der Waals surface area contributed by atoms with Crippen LogP contribution in [0.25, 0.3) is 11.3 Å². The van der Waals surface area contributed by atoms with E-state index < -0.39 is 22.2 Å². The molecule has 0 aliphatic carbocycles. The quantitative estimate of drug-likeness (QED) is 0.360. The van der Waals surface area contributed by atoms with Crippen molar-refractivity contribution >= 4 is 34.6 Å². The maximum atomic E-state index is 14.6. The zero-order valence-electron chi connectivity index (χ0n) is 18.4. The van der Waals surface area contributed by atoms with Crippen molar-refractivity contribution in [1.29, 1.82) is 0 Å². The highest BCUT2D eigenvalue weighted by molar-refractivity contribution is 6.33. The minimum absolute atomic E-state index is 0.133. The second-order valence-electron chi connectivity index (χ2n) is 8.37. The van der Waals surface area contributed by atoms with E-state index in [1.165, 1.54) is 5.56 Å². The van der Waals surface area contributed by atoms with E-state index in [9.17, 15) is 8.78 Å². The predicted molar refractivity (Wildman–Crippen MR) is 130 cm³/mol. The van der Waals surface area contributed by atoms with Crippen LogP contribution in [0.15, 0.2) is 54.9 Å². The fourth-order valence-electron chi connectivity index (χ4n) is 3.67. The van der Waals surface area contributed by atoms with Gasteiger partial charge in [0.05, 0.1) is 16.1 Å². The second-order valence-corrected chi connectivity index (χ2v) is 9.75. The molecule has 0 aliphatic rings. The Morgan fingerprint density at radius 3 is 2.44 bits per heavy atom. The molecular formula is C25H25Cl2F2N3. The molecular weight excluding hydrogens is 451 g/mol. The number of nitrogen functional groups attached to an aromatic ring is 1. The van der Waals surface area contributed by atoms with E-state index in [1.54, 1.807) is 18.2 Å². The van der Waals surface area contributed by atoms with Crippen molar-refractivity contribution in [3.63, 3.8) is 0 Å². The molecule has 1 aromatic heterocycles. The van der Waals surface area contributed by atoms with E-state index >= 15 is 0 Å². The maximum Gasteiger partial charge on any atom is 0.175 e. The third-order valence-electron chi connectivity index (χ3n) is 5.43. The molecule has 0 spiro atoms. The Kier molecular flexibility index (Phi) is 6.82. The topological polar surface area (TPSA) is 50.9 Å². The van der Waals surface area contributed by atoms with Crippen molar-refractivity contribution in [2.45, 2.75) is 38.5 Å². The van der Waals surface area contributed by atoms with Crippen LogP contribution in [-0.2, 0) is 0 Å². The molecule has 168 valence electrons. The highest BCUT2D eigenvalue weighted by Gasteiger charge is 2.31. The lowest BCUT2D eigenvalue weighted by Crippen LogP contribution is -2.27. The SMILES string of the molecule is C=C(Nc1ccc(Cl)c(-c2ncc(F)c(N)c2F)c1)[C@H](c1ccc(C)c(C)c1)C(C)(C)Cl. The third kappa shape index (κ3) is 4.89. The Morgan fingerprint density at radius 1 is 1.12 bits per heavy atom. The van der Waals surface area contributed by atoms with Crippen LogP contribution < -0.4 is 11.1 Å². The summed E-state index contributed by atoms with van der Waals surface area (Å²) in [6.45, 7) is 12.2. The number of allylic oxidation sites excluding steroid dienone is 1. The molecule has 0 saturated carbocycles. The van der Waals surface area contributed by atoms with E-state index in [0.29, 0.717) is 11.4 Å². The minimum atomic E-state index is -0.960. The van der Waals surface area contributed by atoms with Crippen molar-refractivity contribution in [3.8, 4) is 11.3 Å². The van der Waals surface area contributed by atoms with E-state index in [1.807, 2.05) is 19.9 Å². The van der Waals surface area contributed by atoms with Crippen molar-refractivity contribution in [1.82, 2.24) is 4.98 Å². The fourth-order valence-corrected chi connectivity index (χ4v) is 4.13. The standard InChI is InChI=1S/C25H25Cl2F2N3/c1-13-6-7-16(10-14(13)2)21(25(4,5)27)15(3)32-17-8-9-19(26)18(11-17)24-22(29)23(30)20(28)12-31-24/h6-12,21,32H,3H2,1-2,4-5H3,(H2,30,31)/t21-/m1/s1. The molecule has 0 unspecified atom stereocenters. The predicted octanol–water partition coefficient (Wildman–Crippen LogP) is 7.61. The molecule has 3 nitrogen and oxygen atoms in total. The summed E-state index contributed by atoms with van der Waals surface area (Å²) in [5.74, 6) is -2.11. The van der Waals surface area contributed by atoms with Crippen LogP contribution in [0.2, 0.25) is 5.02 Å². The number of nitrogens with one attached hydrogen (secondary N) is 1. The number of alkyl halides is 1. The van der Waals surface area contributed by atoms with E-state index in [-0.39, 0.29) is 22.2 Å². The minimum Gasteiger partial charge on any atom is -0.394 e. The first kappa shape index (κ1) is 24.0. The lowest BCUT2D eigenvalue weighted by molar-refractivity contribution is 0.584. The molecule has 7 heteroatoms. The molecule has 1 atom stereocenters. The summed E-state index contributed by atoms with van der Waals surface area (Å²) in [5.41, 5.74) is 9.67. The molecule has 32 heavy (non-hydrogen) atoms.